The Hall–Kier alpha value is -1.89. The van der Waals surface area contributed by atoms with Crippen molar-refractivity contribution in [3.05, 3.63) is 6.17 Å². The van der Waals surface area contributed by atoms with Crippen LogP contribution in [0.15, 0.2) is 0 Å². The van der Waals surface area contributed by atoms with Gasteiger partial charge in [-0.2, -0.15) is 114 Å². The Kier molecular flexibility index (Phi) is 7.60. The molecule has 27 heteroatoms. The summed E-state index contributed by atoms with van der Waals surface area (Å²) in [5, 5.41) is 0. The molecule has 1 aliphatic rings. The third kappa shape index (κ3) is 3.56. The summed E-state index contributed by atoms with van der Waals surface area (Å²) in [5.41, 5.74) is 0. The molecule has 0 saturated heterocycles. The monoisotopic (exact) mass is 681 g/mol. The highest BCUT2D eigenvalue weighted by atomic mass is 19.4. The molecule has 0 aromatic heterocycles. The number of rotatable bonds is 0. The average Bonchev–Trinajstić information content (AvgIpc) is 2.75. The van der Waals surface area contributed by atoms with Gasteiger partial charge in [0.25, 0.3) is 6.17 Å². The van der Waals surface area contributed by atoms with E-state index < -0.39 is 83.2 Å². The van der Waals surface area contributed by atoms with Crippen molar-refractivity contribution in [3.63, 3.8) is 0 Å². The zero-order chi connectivity index (χ0) is 34.1. The molecule has 0 amide bonds. The minimum absolute atomic E-state index is 6.67. The van der Waals surface area contributed by atoms with Crippen LogP contribution < -0.4 is 0 Å². The van der Waals surface area contributed by atoms with Crippen LogP contribution in [0.3, 0.4) is 0 Å². The lowest BCUT2D eigenvalue weighted by molar-refractivity contribution is -0.487. The van der Waals surface area contributed by atoms with Crippen LogP contribution in [0.1, 0.15) is 0 Å². The maximum atomic E-state index is 13.5. The fourth-order valence-corrected chi connectivity index (χ4v) is 2.64. The Balaban J connectivity index is 4.61. The molecule has 41 heavy (non-hydrogen) atoms. The lowest BCUT2D eigenvalue weighted by Gasteiger charge is -2.48. The van der Waals surface area contributed by atoms with E-state index in [2.05, 4.69) is 0 Å². The van der Waals surface area contributed by atoms with Gasteiger partial charge in [-0.05, 0) is 0 Å². The first-order chi connectivity index (χ1) is 17.2. The van der Waals surface area contributed by atoms with Crippen LogP contribution in [0.25, 0.3) is 0 Å². The van der Waals surface area contributed by atoms with Gasteiger partial charge in [0.15, 0.2) is 0 Å². The van der Waals surface area contributed by atoms with Crippen LogP contribution in [-0.4, -0.2) is 77.0 Å². The van der Waals surface area contributed by atoms with E-state index in [9.17, 15) is 119 Å². The number of hydrogen-bond acceptors (Lipinski definition) is 0. The smallest absolute Gasteiger partial charge is 0.226 e. The lowest BCUT2D eigenvalue weighted by Crippen LogP contribution is -2.80. The zero-order valence-electron chi connectivity index (χ0n) is 17.2. The summed E-state index contributed by atoms with van der Waals surface area (Å²) in [4.78, 5) is 0. The van der Waals surface area contributed by atoms with Crippen LogP contribution in [0.5, 0.6) is 0 Å². The molecule has 0 bridgehead atoms. The maximum absolute atomic E-state index is 13.5. The van der Waals surface area contributed by atoms with E-state index in [1.165, 1.54) is 0 Å². The third-order valence-electron chi connectivity index (χ3n) is 5.28. The van der Waals surface area contributed by atoms with Crippen molar-refractivity contribution in [2.75, 3.05) is 0 Å². The van der Waals surface area contributed by atoms with Crippen molar-refractivity contribution >= 4 is 0 Å². The summed E-state index contributed by atoms with van der Waals surface area (Å²) in [6.07, 6.45) is -6.67. The highest BCUT2D eigenvalue weighted by Gasteiger charge is 3.02. The quantitative estimate of drug-likeness (QED) is 0.225. The minimum atomic E-state index is -9.71. The van der Waals surface area contributed by atoms with Crippen LogP contribution in [0, 0.1) is 6.17 Å². The Labute approximate surface area is 203 Å². The summed E-state index contributed by atoms with van der Waals surface area (Å²) in [6, 6.07) is 0. The Morgan fingerprint density at radius 1 is 0.195 bits per heavy atom. The number of alkyl halides is 26. The van der Waals surface area contributed by atoms with Gasteiger partial charge in [-0.15, -0.1) is 0 Å². The predicted molar refractivity (Wildman–Crippen MR) is 68.7 cm³/mol. The number of halogens is 27. The van der Waals surface area contributed by atoms with Crippen LogP contribution >= 0.6 is 0 Å². The molecule has 0 unspecified atom stereocenters. The van der Waals surface area contributed by atoms with E-state index in [1.54, 1.807) is 0 Å². The second-order valence-electron chi connectivity index (χ2n) is 7.78. The molecule has 1 rings (SSSR count). The van der Waals surface area contributed by atoms with Crippen molar-refractivity contribution in [2.24, 2.45) is 0 Å². The first-order valence-electron chi connectivity index (χ1n) is 8.60. The van der Waals surface area contributed by atoms with Gasteiger partial charge in [-0.3, -0.25) is 0 Å². The largest absolute Gasteiger partial charge is 0.385 e. The van der Waals surface area contributed by atoms with Crippen molar-refractivity contribution in [1.82, 2.24) is 0 Å². The first kappa shape index (κ1) is 37.1. The van der Waals surface area contributed by atoms with Crippen LogP contribution in [-0.2, 0) is 0 Å². The second kappa shape index (κ2) is 8.39. The molecule has 0 spiro atoms. The Morgan fingerprint density at radius 2 is 0.293 bits per heavy atom. The highest BCUT2D eigenvalue weighted by Crippen LogP contribution is 2.70. The van der Waals surface area contributed by atoms with Gasteiger partial charge in [0.2, 0.25) is 0 Å². The van der Waals surface area contributed by atoms with Crippen molar-refractivity contribution < 1.29 is 119 Å². The highest BCUT2D eigenvalue weighted by molar-refractivity contribution is 5.26. The van der Waals surface area contributed by atoms with E-state index in [0.29, 0.717) is 0 Å². The van der Waals surface area contributed by atoms with E-state index in [1.807, 2.05) is 0 Å². The van der Waals surface area contributed by atoms with Gasteiger partial charge in [0.1, 0.15) is 0 Å². The fraction of sp³-hybridized carbons (Fsp3) is 0.929. The second-order valence-corrected chi connectivity index (χ2v) is 7.78. The lowest BCUT2D eigenvalue weighted by atomic mass is 9.80. The normalized spacial score (nSPS) is 33.7. The summed E-state index contributed by atoms with van der Waals surface area (Å²) >= 11 is 0. The molecule has 0 nitrogen and oxygen atoms in total. The summed E-state index contributed by atoms with van der Waals surface area (Å²) < 4.78 is 364. The molecule has 0 aliphatic heterocycles. The van der Waals surface area contributed by atoms with E-state index in [0.717, 1.165) is 0 Å². The Morgan fingerprint density at radius 3 is 0.415 bits per heavy atom. The van der Waals surface area contributed by atoms with E-state index >= 15 is 0 Å². The molecule has 1 aliphatic carbocycles. The summed E-state index contributed by atoms with van der Waals surface area (Å²) in [7, 11) is 0. The average molecular weight is 681 g/mol. The van der Waals surface area contributed by atoms with Gasteiger partial charge in [0, 0.05) is 0 Å². The van der Waals surface area contributed by atoms with Crippen molar-refractivity contribution in [3.8, 4) is 0 Å². The maximum Gasteiger partial charge on any atom is 0.385 e. The van der Waals surface area contributed by atoms with Gasteiger partial charge < -0.3 is 0 Å². The fourth-order valence-electron chi connectivity index (χ4n) is 2.64. The van der Waals surface area contributed by atoms with Gasteiger partial charge >= 0.3 is 77.0 Å². The molecule has 245 valence electrons. The molecule has 0 aromatic rings. The molecule has 1 fully saturated rings. The molecule has 0 atom stereocenters. The molecular weight excluding hydrogens is 681 g/mol. The molecular formula is C14F27. The van der Waals surface area contributed by atoms with Gasteiger partial charge in [-0.1, -0.05) is 0 Å². The van der Waals surface area contributed by atoms with E-state index in [4.69, 9.17) is 0 Å². The van der Waals surface area contributed by atoms with Crippen molar-refractivity contribution in [2.45, 2.75) is 77.0 Å². The SMILES string of the molecule is F[C]1C(F)(F)C(F)(F)C(F)(F)C(F)(F)C(F)(F)C(F)(F)C(F)(F)C(F)(F)C(F)(F)C(F)(F)C(F)(F)C(F)(F)C1(F)F. The molecule has 0 aromatic carbocycles. The zero-order valence-corrected chi connectivity index (χ0v) is 17.2. The van der Waals surface area contributed by atoms with Crippen molar-refractivity contribution in [1.29, 1.82) is 0 Å². The molecule has 1 saturated carbocycles. The Bertz CT molecular complexity index is 935. The topological polar surface area (TPSA) is 0 Å². The van der Waals surface area contributed by atoms with Crippen LogP contribution in [0.2, 0.25) is 0 Å². The van der Waals surface area contributed by atoms with E-state index in [-0.39, 0.29) is 0 Å². The standard InChI is InChI=1S/C14F27/c15-1-2(16,17)4(20,21)6(24,25)8(28,29)10(32,33)12(36,37)14(40,41)13(38,39)11(34,35)9(30,31)7(26,27)5(22,23)3(1,18)19. The summed E-state index contributed by atoms with van der Waals surface area (Å²) in [6.45, 7) is 0. The molecule has 0 N–H and O–H groups in total. The van der Waals surface area contributed by atoms with Gasteiger partial charge in [-0.25, -0.2) is 4.39 Å². The van der Waals surface area contributed by atoms with Crippen LogP contribution in [0.4, 0.5) is 119 Å². The minimum Gasteiger partial charge on any atom is -0.226 e. The first-order valence-corrected chi connectivity index (χ1v) is 8.60. The summed E-state index contributed by atoms with van der Waals surface area (Å²) in [5.74, 6) is -124. The molecule has 0 heterocycles. The molecule has 1 radical (unpaired) electrons. The van der Waals surface area contributed by atoms with Gasteiger partial charge in [0.05, 0.1) is 0 Å². The predicted octanol–water partition coefficient (Wildman–Crippen LogP) is 8.76. The third-order valence-corrected chi connectivity index (χ3v) is 5.28. The number of hydrogen-bond donors (Lipinski definition) is 0.